The number of carbonyl (C=O) groups is 1. The molecule has 0 aromatic heterocycles. The summed E-state index contributed by atoms with van der Waals surface area (Å²) in [5, 5.41) is 5.93. The average molecular weight is 247 g/mol. The molecular weight excluding hydrogens is 226 g/mol. The fourth-order valence-electron chi connectivity index (χ4n) is 2.31. The van der Waals surface area contributed by atoms with Crippen LogP contribution in [-0.4, -0.2) is 38.6 Å². The Morgan fingerprint density at radius 1 is 1.28 bits per heavy atom. The molecule has 4 heteroatoms. The molecule has 2 rings (SSSR count). The van der Waals surface area contributed by atoms with Gasteiger partial charge >= 0.3 is 0 Å². The Labute approximate surface area is 108 Å². The maximum atomic E-state index is 11.2. The molecule has 4 nitrogen and oxygen atoms in total. The van der Waals surface area contributed by atoms with Gasteiger partial charge in [0.05, 0.1) is 6.54 Å². The normalized spacial score (nSPS) is 16.6. The summed E-state index contributed by atoms with van der Waals surface area (Å²) >= 11 is 0. The molecule has 1 aromatic carbocycles. The maximum absolute atomic E-state index is 11.2. The first-order chi connectivity index (χ1) is 8.79. The van der Waals surface area contributed by atoms with Crippen LogP contribution in [0.15, 0.2) is 30.3 Å². The van der Waals surface area contributed by atoms with Crippen LogP contribution in [-0.2, 0) is 4.79 Å². The van der Waals surface area contributed by atoms with E-state index in [0.717, 1.165) is 25.9 Å². The van der Waals surface area contributed by atoms with Gasteiger partial charge in [0, 0.05) is 31.9 Å². The van der Waals surface area contributed by atoms with Gasteiger partial charge in [0.2, 0.25) is 5.91 Å². The highest BCUT2D eigenvalue weighted by molar-refractivity contribution is 5.77. The Hall–Kier alpha value is -1.55. The number of para-hydroxylation sites is 1. The van der Waals surface area contributed by atoms with Crippen LogP contribution in [0.1, 0.15) is 12.8 Å². The van der Waals surface area contributed by atoms with Crippen LogP contribution in [0.4, 0.5) is 5.69 Å². The van der Waals surface area contributed by atoms with E-state index >= 15 is 0 Å². The molecule has 0 bridgehead atoms. The van der Waals surface area contributed by atoms with Crippen molar-refractivity contribution in [2.75, 3.05) is 31.6 Å². The van der Waals surface area contributed by atoms with E-state index < -0.39 is 0 Å². The second kappa shape index (κ2) is 6.40. The lowest BCUT2D eigenvalue weighted by atomic mass is 10.0. The lowest BCUT2D eigenvalue weighted by Gasteiger charge is -2.34. The van der Waals surface area contributed by atoms with Crippen molar-refractivity contribution < 1.29 is 4.79 Å². The molecule has 1 aromatic rings. The quantitative estimate of drug-likeness (QED) is 0.834. The second-order valence-corrected chi connectivity index (χ2v) is 4.65. The van der Waals surface area contributed by atoms with Crippen molar-refractivity contribution in [3.05, 3.63) is 30.3 Å². The van der Waals surface area contributed by atoms with Crippen molar-refractivity contribution in [3.63, 3.8) is 0 Å². The first-order valence-corrected chi connectivity index (χ1v) is 6.53. The molecule has 0 radical (unpaired) electrons. The number of hydrogen-bond acceptors (Lipinski definition) is 3. The van der Waals surface area contributed by atoms with E-state index in [-0.39, 0.29) is 5.91 Å². The van der Waals surface area contributed by atoms with Crippen LogP contribution in [0.2, 0.25) is 0 Å². The molecule has 0 aliphatic carbocycles. The second-order valence-electron chi connectivity index (χ2n) is 4.65. The Bertz CT molecular complexity index is 372. The van der Waals surface area contributed by atoms with Crippen molar-refractivity contribution >= 4 is 11.6 Å². The number of amides is 1. The Kier molecular flexibility index (Phi) is 4.59. The van der Waals surface area contributed by atoms with E-state index in [1.165, 1.54) is 5.69 Å². The highest BCUT2D eigenvalue weighted by Gasteiger charge is 2.19. The van der Waals surface area contributed by atoms with Crippen molar-refractivity contribution in [2.45, 2.75) is 18.9 Å². The third kappa shape index (κ3) is 3.47. The molecule has 1 aliphatic rings. The number of nitrogens with one attached hydrogen (secondary N) is 2. The highest BCUT2D eigenvalue weighted by atomic mass is 16.1. The lowest BCUT2D eigenvalue weighted by Crippen LogP contribution is -2.45. The lowest BCUT2D eigenvalue weighted by molar-refractivity contribution is -0.119. The standard InChI is InChI=1S/C14H21N3O/c1-15-14(18)11-16-12-7-9-17(10-8-12)13-5-3-2-4-6-13/h2-6,12,16H,7-11H2,1H3,(H,15,18). The molecule has 0 atom stereocenters. The molecule has 18 heavy (non-hydrogen) atoms. The number of carbonyl (C=O) groups excluding carboxylic acids is 1. The third-order valence-electron chi connectivity index (χ3n) is 3.45. The van der Waals surface area contributed by atoms with Crippen molar-refractivity contribution in [2.24, 2.45) is 0 Å². The number of benzene rings is 1. The van der Waals surface area contributed by atoms with Gasteiger partial charge in [0.25, 0.3) is 0 Å². The van der Waals surface area contributed by atoms with E-state index in [9.17, 15) is 4.79 Å². The first-order valence-electron chi connectivity index (χ1n) is 6.53. The SMILES string of the molecule is CNC(=O)CNC1CCN(c2ccccc2)CC1. The smallest absolute Gasteiger partial charge is 0.233 e. The summed E-state index contributed by atoms with van der Waals surface area (Å²) < 4.78 is 0. The largest absolute Gasteiger partial charge is 0.371 e. The van der Waals surface area contributed by atoms with Crippen LogP contribution >= 0.6 is 0 Å². The highest BCUT2D eigenvalue weighted by Crippen LogP contribution is 2.19. The van der Waals surface area contributed by atoms with Crippen LogP contribution in [0.5, 0.6) is 0 Å². The fraction of sp³-hybridized carbons (Fsp3) is 0.500. The van der Waals surface area contributed by atoms with Gasteiger partial charge in [-0.25, -0.2) is 0 Å². The minimum absolute atomic E-state index is 0.0560. The predicted molar refractivity (Wildman–Crippen MR) is 73.7 cm³/mol. The van der Waals surface area contributed by atoms with E-state index in [1.54, 1.807) is 7.05 Å². The number of piperidine rings is 1. The van der Waals surface area contributed by atoms with Gasteiger partial charge in [-0.15, -0.1) is 0 Å². The summed E-state index contributed by atoms with van der Waals surface area (Å²) in [7, 11) is 1.67. The van der Waals surface area contributed by atoms with Crippen molar-refractivity contribution in [1.29, 1.82) is 0 Å². The minimum Gasteiger partial charge on any atom is -0.371 e. The van der Waals surface area contributed by atoms with Gasteiger partial charge in [-0.2, -0.15) is 0 Å². The summed E-state index contributed by atoms with van der Waals surface area (Å²) in [6.45, 7) is 2.53. The number of rotatable bonds is 4. The Morgan fingerprint density at radius 3 is 2.56 bits per heavy atom. The van der Waals surface area contributed by atoms with Crippen LogP contribution < -0.4 is 15.5 Å². The summed E-state index contributed by atoms with van der Waals surface area (Å²) in [5.74, 6) is 0.0560. The first kappa shape index (κ1) is 12.9. The monoisotopic (exact) mass is 247 g/mol. The van der Waals surface area contributed by atoms with Gasteiger partial charge in [-0.1, -0.05) is 18.2 Å². The van der Waals surface area contributed by atoms with E-state index in [4.69, 9.17) is 0 Å². The summed E-state index contributed by atoms with van der Waals surface area (Å²) in [5.41, 5.74) is 1.29. The van der Waals surface area contributed by atoms with Gasteiger partial charge < -0.3 is 15.5 Å². The predicted octanol–water partition coefficient (Wildman–Crippen LogP) is 0.991. The van der Waals surface area contributed by atoms with Gasteiger partial charge in [0.1, 0.15) is 0 Å². The zero-order valence-corrected chi connectivity index (χ0v) is 10.9. The van der Waals surface area contributed by atoms with Crippen molar-refractivity contribution in [1.82, 2.24) is 10.6 Å². The number of anilines is 1. The zero-order chi connectivity index (χ0) is 12.8. The van der Waals surface area contributed by atoms with E-state index in [0.29, 0.717) is 12.6 Å². The van der Waals surface area contributed by atoms with Crippen LogP contribution in [0.3, 0.4) is 0 Å². The fourth-order valence-corrected chi connectivity index (χ4v) is 2.31. The average Bonchev–Trinajstić information content (AvgIpc) is 2.46. The molecular formula is C14H21N3O. The molecule has 1 fully saturated rings. The van der Waals surface area contributed by atoms with Gasteiger partial charge in [-0.3, -0.25) is 4.79 Å². The minimum atomic E-state index is 0.0560. The molecule has 2 N–H and O–H groups in total. The summed E-state index contributed by atoms with van der Waals surface area (Å²) in [4.78, 5) is 13.6. The molecule has 1 heterocycles. The number of likely N-dealkylation sites (N-methyl/N-ethyl adjacent to an activating group) is 1. The van der Waals surface area contributed by atoms with Crippen LogP contribution in [0.25, 0.3) is 0 Å². The van der Waals surface area contributed by atoms with E-state index in [2.05, 4.69) is 39.8 Å². The maximum Gasteiger partial charge on any atom is 0.233 e. The molecule has 0 saturated carbocycles. The summed E-state index contributed by atoms with van der Waals surface area (Å²) in [6, 6.07) is 11.0. The third-order valence-corrected chi connectivity index (χ3v) is 3.45. The number of hydrogen-bond donors (Lipinski definition) is 2. The molecule has 98 valence electrons. The molecule has 0 spiro atoms. The molecule has 1 amide bonds. The molecule has 0 unspecified atom stereocenters. The Balaban J connectivity index is 1.76. The Morgan fingerprint density at radius 2 is 1.94 bits per heavy atom. The van der Waals surface area contributed by atoms with Crippen molar-refractivity contribution in [3.8, 4) is 0 Å². The van der Waals surface area contributed by atoms with Crippen LogP contribution in [0, 0.1) is 0 Å². The zero-order valence-electron chi connectivity index (χ0n) is 10.9. The van der Waals surface area contributed by atoms with Gasteiger partial charge in [0.15, 0.2) is 0 Å². The summed E-state index contributed by atoms with van der Waals surface area (Å²) in [6.07, 6.45) is 2.18. The van der Waals surface area contributed by atoms with E-state index in [1.807, 2.05) is 6.07 Å². The number of nitrogens with zero attached hydrogens (tertiary/aromatic N) is 1. The molecule has 1 saturated heterocycles. The molecule has 1 aliphatic heterocycles. The van der Waals surface area contributed by atoms with Gasteiger partial charge in [-0.05, 0) is 25.0 Å². The topological polar surface area (TPSA) is 44.4 Å².